The monoisotopic (exact) mass is 214 g/mol. The molecular weight excluding hydrogens is 196 g/mol. The summed E-state index contributed by atoms with van der Waals surface area (Å²) in [6, 6.07) is 0. The molecule has 15 heavy (non-hydrogen) atoms. The normalized spacial score (nSPS) is 36.9. The van der Waals surface area contributed by atoms with Crippen LogP contribution < -0.4 is 0 Å². The maximum absolute atomic E-state index is 11.6. The maximum Gasteiger partial charge on any atom is 0.309 e. The van der Waals surface area contributed by atoms with E-state index in [1.807, 2.05) is 0 Å². The minimum absolute atomic E-state index is 0.0475. The highest BCUT2D eigenvalue weighted by atomic mass is 16.7. The van der Waals surface area contributed by atoms with Crippen LogP contribution in [0.3, 0.4) is 0 Å². The number of fused-ring (bicyclic) bond motifs is 2. The molecule has 0 aromatic rings. The highest BCUT2D eigenvalue weighted by Crippen LogP contribution is 2.55. The molecule has 0 spiro atoms. The summed E-state index contributed by atoms with van der Waals surface area (Å²) in [6.45, 7) is 0. The molecule has 2 fully saturated rings. The standard InChI is InChI=1S/C11H18O4/c1-13-10(12)8-4-7-5-9(8)11(6-7,14-2)15-3/h7-9H,4-6H2,1-3H3/t7-,8+,9-/m1/s1. The second kappa shape index (κ2) is 3.76. The molecular formula is C11H18O4. The average molecular weight is 214 g/mol. The van der Waals surface area contributed by atoms with Gasteiger partial charge >= 0.3 is 5.97 Å². The van der Waals surface area contributed by atoms with E-state index in [1.54, 1.807) is 14.2 Å². The SMILES string of the molecule is COC(=O)[C@H]1C[C@@H]2C[C@H]1C(OC)(OC)C2. The second-order valence-electron chi connectivity index (χ2n) is 4.50. The fourth-order valence-electron chi connectivity index (χ4n) is 3.31. The van der Waals surface area contributed by atoms with Gasteiger partial charge in [-0.25, -0.2) is 0 Å². The van der Waals surface area contributed by atoms with Gasteiger partial charge in [0.2, 0.25) is 0 Å². The maximum atomic E-state index is 11.6. The van der Waals surface area contributed by atoms with Crippen LogP contribution in [0.2, 0.25) is 0 Å². The van der Waals surface area contributed by atoms with Gasteiger partial charge in [0.25, 0.3) is 0 Å². The summed E-state index contributed by atoms with van der Waals surface area (Å²) < 4.78 is 15.8. The van der Waals surface area contributed by atoms with Gasteiger partial charge in [0.1, 0.15) is 0 Å². The summed E-state index contributed by atoms with van der Waals surface area (Å²) in [4.78, 5) is 11.6. The van der Waals surface area contributed by atoms with Gasteiger partial charge in [-0.2, -0.15) is 0 Å². The molecule has 2 aliphatic carbocycles. The molecule has 4 nitrogen and oxygen atoms in total. The smallest absolute Gasteiger partial charge is 0.309 e. The third-order valence-electron chi connectivity index (χ3n) is 3.99. The number of rotatable bonds is 3. The molecule has 0 aromatic carbocycles. The Bertz CT molecular complexity index is 259. The van der Waals surface area contributed by atoms with E-state index in [0.717, 1.165) is 19.3 Å². The Morgan fingerprint density at radius 1 is 1.20 bits per heavy atom. The van der Waals surface area contributed by atoms with Gasteiger partial charge in [-0.15, -0.1) is 0 Å². The lowest BCUT2D eigenvalue weighted by molar-refractivity contribution is -0.245. The highest BCUT2D eigenvalue weighted by molar-refractivity contribution is 5.73. The first-order valence-electron chi connectivity index (χ1n) is 5.35. The minimum atomic E-state index is -0.554. The summed E-state index contributed by atoms with van der Waals surface area (Å²) in [5.41, 5.74) is 0. The van der Waals surface area contributed by atoms with Gasteiger partial charge in [-0.05, 0) is 18.8 Å². The molecule has 2 bridgehead atoms. The molecule has 0 heterocycles. The van der Waals surface area contributed by atoms with E-state index < -0.39 is 5.79 Å². The van der Waals surface area contributed by atoms with E-state index >= 15 is 0 Å². The Hall–Kier alpha value is -0.610. The first-order chi connectivity index (χ1) is 7.16. The zero-order valence-electron chi connectivity index (χ0n) is 9.49. The number of ether oxygens (including phenoxy) is 3. The molecule has 86 valence electrons. The van der Waals surface area contributed by atoms with Crippen molar-refractivity contribution in [3.63, 3.8) is 0 Å². The number of carbonyl (C=O) groups is 1. The second-order valence-corrected chi connectivity index (χ2v) is 4.50. The van der Waals surface area contributed by atoms with Crippen LogP contribution >= 0.6 is 0 Å². The van der Waals surface area contributed by atoms with Crippen LogP contribution in [0.4, 0.5) is 0 Å². The topological polar surface area (TPSA) is 44.8 Å². The molecule has 0 aromatic heterocycles. The van der Waals surface area contributed by atoms with Gasteiger partial charge in [-0.1, -0.05) is 0 Å². The number of esters is 1. The van der Waals surface area contributed by atoms with Crippen molar-refractivity contribution in [1.82, 2.24) is 0 Å². The number of hydrogen-bond acceptors (Lipinski definition) is 4. The Morgan fingerprint density at radius 2 is 1.87 bits per heavy atom. The molecule has 0 unspecified atom stereocenters. The quantitative estimate of drug-likeness (QED) is 0.523. The third kappa shape index (κ3) is 1.47. The average Bonchev–Trinajstić information content (AvgIpc) is 2.85. The molecule has 2 saturated carbocycles. The van der Waals surface area contributed by atoms with Crippen LogP contribution in [0.15, 0.2) is 0 Å². The van der Waals surface area contributed by atoms with E-state index in [4.69, 9.17) is 14.2 Å². The van der Waals surface area contributed by atoms with E-state index in [-0.39, 0.29) is 17.8 Å². The predicted molar refractivity (Wildman–Crippen MR) is 53.1 cm³/mol. The Labute approximate surface area is 89.9 Å². The van der Waals surface area contributed by atoms with E-state index in [9.17, 15) is 4.79 Å². The van der Waals surface area contributed by atoms with Crippen LogP contribution in [0.1, 0.15) is 19.3 Å². The fourth-order valence-corrected chi connectivity index (χ4v) is 3.31. The highest BCUT2D eigenvalue weighted by Gasteiger charge is 2.59. The summed E-state index contributed by atoms with van der Waals surface area (Å²) in [5.74, 6) is -0.0276. The zero-order valence-corrected chi connectivity index (χ0v) is 9.49. The summed E-state index contributed by atoms with van der Waals surface area (Å²) in [7, 11) is 4.74. The van der Waals surface area contributed by atoms with Crippen LogP contribution in [-0.4, -0.2) is 33.1 Å². The van der Waals surface area contributed by atoms with Crippen molar-refractivity contribution in [2.24, 2.45) is 17.8 Å². The molecule has 2 rings (SSSR count). The van der Waals surface area contributed by atoms with Crippen molar-refractivity contribution >= 4 is 5.97 Å². The molecule has 2 aliphatic rings. The minimum Gasteiger partial charge on any atom is -0.469 e. The van der Waals surface area contributed by atoms with Gasteiger partial charge < -0.3 is 14.2 Å². The van der Waals surface area contributed by atoms with Gasteiger partial charge in [0, 0.05) is 26.6 Å². The van der Waals surface area contributed by atoms with Crippen molar-refractivity contribution in [1.29, 1.82) is 0 Å². The van der Waals surface area contributed by atoms with Crippen LogP contribution in [0.5, 0.6) is 0 Å². The summed E-state index contributed by atoms with van der Waals surface area (Å²) in [5, 5.41) is 0. The molecule has 3 atom stereocenters. The van der Waals surface area contributed by atoms with Crippen molar-refractivity contribution in [3.8, 4) is 0 Å². The van der Waals surface area contributed by atoms with Gasteiger partial charge in [0.05, 0.1) is 13.0 Å². The zero-order chi connectivity index (χ0) is 11.1. The van der Waals surface area contributed by atoms with E-state index in [0.29, 0.717) is 5.92 Å². The summed E-state index contributed by atoms with van der Waals surface area (Å²) >= 11 is 0. The first-order valence-corrected chi connectivity index (χ1v) is 5.35. The number of hydrogen-bond donors (Lipinski definition) is 0. The van der Waals surface area contributed by atoms with E-state index in [1.165, 1.54) is 7.11 Å². The predicted octanol–water partition coefficient (Wildman–Crippen LogP) is 1.19. The third-order valence-corrected chi connectivity index (χ3v) is 3.99. The molecule has 0 amide bonds. The number of methoxy groups -OCH3 is 3. The van der Waals surface area contributed by atoms with E-state index in [2.05, 4.69) is 0 Å². The van der Waals surface area contributed by atoms with Crippen molar-refractivity contribution in [2.75, 3.05) is 21.3 Å². The van der Waals surface area contributed by atoms with Crippen LogP contribution in [0.25, 0.3) is 0 Å². The molecule has 0 N–H and O–H groups in total. The van der Waals surface area contributed by atoms with Gasteiger partial charge in [-0.3, -0.25) is 4.79 Å². The van der Waals surface area contributed by atoms with Crippen LogP contribution in [0, 0.1) is 17.8 Å². The van der Waals surface area contributed by atoms with Gasteiger partial charge in [0.15, 0.2) is 5.79 Å². The largest absolute Gasteiger partial charge is 0.469 e. The van der Waals surface area contributed by atoms with Crippen molar-refractivity contribution < 1.29 is 19.0 Å². The Morgan fingerprint density at radius 3 is 2.33 bits per heavy atom. The summed E-state index contributed by atoms with van der Waals surface area (Å²) in [6.07, 6.45) is 2.84. The lowest BCUT2D eigenvalue weighted by atomic mass is 9.84. The molecule has 0 radical (unpaired) electrons. The fraction of sp³-hybridized carbons (Fsp3) is 0.909. The van der Waals surface area contributed by atoms with Crippen molar-refractivity contribution in [2.45, 2.75) is 25.0 Å². The first kappa shape index (κ1) is 10.9. The lowest BCUT2D eigenvalue weighted by Crippen LogP contribution is -2.45. The Balaban J connectivity index is 2.18. The molecule has 0 aliphatic heterocycles. The molecule has 4 heteroatoms. The molecule has 0 saturated heterocycles. The number of carbonyl (C=O) groups excluding carboxylic acids is 1. The lowest BCUT2D eigenvalue weighted by Gasteiger charge is -2.38. The Kier molecular flexibility index (Phi) is 2.73. The van der Waals surface area contributed by atoms with Crippen LogP contribution in [-0.2, 0) is 19.0 Å². The van der Waals surface area contributed by atoms with Crippen molar-refractivity contribution in [3.05, 3.63) is 0 Å².